The van der Waals surface area contributed by atoms with Crippen molar-refractivity contribution in [3.05, 3.63) is 53.6 Å². The van der Waals surface area contributed by atoms with Gasteiger partial charge in [0.05, 0.1) is 18.3 Å². The van der Waals surface area contributed by atoms with E-state index in [1.807, 2.05) is 0 Å². The van der Waals surface area contributed by atoms with Crippen LogP contribution in [0, 0.1) is 11.8 Å². The normalized spacial score (nSPS) is 12.5. The van der Waals surface area contributed by atoms with E-state index in [1.165, 1.54) is 6.07 Å². The topological polar surface area (TPSA) is 78.8 Å². The van der Waals surface area contributed by atoms with E-state index in [9.17, 15) is 31.1 Å². The molecule has 2 aromatic rings. The highest BCUT2D eigenvalue weighted by Crippen LogP contribution is 2.38. The first-order valence-electron chi connectivity index (χ1n) is 8.55. The van der Waals surface area contributed by atoms with E-state index >= 15 is 0 Å². The molecule has 1 atom stereocenters. The first-order valence-corrected chi connectivity index (χ1v) is 8.55. The molecule has 2 rings (SSSR count). The molecule has 0 bridgehead atoms. The molecule has 11 heteroatoms. The van der Waals surface area contributed by atoms with E-state index < -0.39 is 42.5 Å². The molecule has 31 heavy (non-hydrogen) atoms. The van der Waals surface area contributed by atoms with Gasteiger partial charge in [-0.15, -0.1) is 13.2 Å². The number of alkyl halides is 6. The quantitative estimate of drug-likeness (QED) is 0.486. The van der Waals surface area contributed by atoms with E-state index in [4.69, 9.17) is 10.2 Å². The number of benzene rings is 2. The molecule has 0 radical (unpaired) electrons. The van der Waals surface area contributed by atoms with Crippen LogP contribution in [-0.2, 0) is 11.0 Å². The minimum absolute atomic E-state index is 0.00269. The highest BCUT2D eigenvalue weighted by atomic mass is 19.4. The van der Waals surface area contributed by atoms with Crippen molar-refractivity contribution >= 4 is 5.91 Å². The minimum Gasteiger partial charge on any atom is -0.406 e. The van der Waals surface area contributed by atoms with Crippen LogP contribution < -0.4 is 10.1 Å². The first kappa shape index (κ1) is 24.0. The van der Waals surface area contributed by atoms with Gasteiger partial charge in [0.15, 0.2) is 0 Å². The number of amides is 1. The molecule has 0 unspecified atom stereocenters. The Morgan fingerprint density at radius 2 is 1.71 bits per heavy atom. The molecule has 0 fully saturated rings. The van der Waals surface area contributed by atoms with Crippen LogP contribution in [-0.4, -0.2) is 41.7 Å². The summed E-state index contributed by atoms with van der Waals surface area (Å²) < 4.78 is 80.9. The smallest absolute Gasteiger partial charge is 0.406 e. The molecule has 0 aliphatic carbocycles. The van der Waals surface area contributed by atoms with Crippen LogP contribution in [0.25, 0.3) is 11.1 Å². The van der Waals surface area contributed by atoms with Gasteiger partial charge in [0, 0.05) is 18.0 Å². The van der Waals surface area contributed by atoms with Crippen molar-refractivity contribution in [2.75, 3.05) is 13.2 Å². The molecule has 0 saturated carbocycles. The Bertz CT molecular complexity index is 974. The summed E-state index contributed by atoms with van der Waals surface area (Å²) >= 11 is 0. The zero-order valence-electron chi connectivity index (χ0n) is 15.5. The van der Waals surface area contributed by atoms with Crippen LogP contribution in [0.5, 0.6) is 5.75 Å². The van der Waals surface area contributed by atoms with Crippen LogP contribution >= 0.6 is 0 Å². The zero-order chi connectivity index (χ0) is 23.2. The first-order chi connectivity index (χ1) is 14.4. The van der Waals surface area contributed by atoms with Gasteiger partial charge >= 0.3 is 12.5 Å². The Morgan fingerprint density at radius 3 is 2.26 bits per heavy atom. The van der Waals surface area contributed by atoms with E-state index in [2.05, 4.69) is 21.9 Å². The van der Waals surface area contributed by atoms with Gasteiger partial charge in [-0.05, 0) is 35.4 Å². The molecule has 1 amide bonds. The van der Waals surface area contributed by atoms with E-state index in [-0.39, 0.29) is 23.2 Å². The summed E-state index contributed by atoms with van der Waals surface area (Å²) in [6.07, 6.45) is -10.9. The average molecular weight is 447 g/mol. The van der Waals surface area contributed by atoms with Crippen molar-refractivity contribution in [2.24, 2.45) is 0 Å². The number of hydrogen-bond donors (Lipinski definition) is 3. The molecule has 0 spiro atoms. The standard InChI is InChI=1S/C20H15F6NO4/c21-19(22,23)17-9-12(2-8-18(30)27-10-14(29)11-28)1-7-16(17)13-3-5-15(6-4-13)31-20(24,25)26/h1,3-7,9,14,28-29H,10-11H2,(H,27,30)/t14-/m0/s1. The van der Waals surface area contributed by atoms with Crippen molar-refractivity contribution in [3.63, 3.8) is 0 Å². The van der Waals surface area contributed by atoms with Crippen LogP contribution in [0.2, 0.25) is 0 Å². The second-order valence-electron chi connectivity index (χ2n) is 6.13. The Hall–Kier alpha value is -3.23. The molecular formula is C20H15F6NO4. The van der Waals surface area contributed by atoms with Crippen molar-refractivity contribution in [1.29, 1.82) is 0 Å². The van der Waals surface area contributed by atoms with Gasteiger partial charge in [-0.2, -0.15) is 13.2 Å². The Balaban J connectivity index is 2.29. The third-order valence-electron chi connectivity index (χ3n) is 3.75. The predicted octanol–water partition coefficient (Wildman–Crippen LogP) is 3.09. The number of ether oxygens (including phenoxy) is 1. The van der Waals surface area contributed by atoms with Gasteiger partial charge in [0.25, 0.3) is 5.91 Å². The Kier molecular flexibility index (Phi) is 7.54. The number of aliphatic hydroxyl groups is 2. The van der Waals surface area contributed by atoms with E-state index in [0.717, 1.165) is 30.3 Å². The molecular weight excluding hydrogens is 432 g/mol. The van der Waals surface area contributed by atoms with Crippen LogP contribution in [0.1, 0.15) is 11.1 Å². The SMILES string of the molecule is O=C(C#Cc1ccc(-c2ccc(OC(F)(F)F)cc2)c(C(F)(F)F)c1)NC[C@H](O)CO. The highest BCUT2D eigenvalue weighted by molar-refractivity contribution is 5.94. The molecule has 0 aliphatic heterocycles. The summed E-state index contributed by atoms with van der Waals surface area (Å²) in [6, 6.07) is 6.89. The van der Waals surface area contributed by atoms with E-state index in [0.29, 0.717) is 6.07 Å². The summed E-state index contributed by atoms with van der Waals surface area (Å²) in [4.78, 5) is 11.5. The van der Waals surface area contributed by atoms with Crippen molar-refractivity contribution in [1.82, 2.24) is 5.32 Å². The van der Waals surface area contributed by atoms with Crippen molar-refractivity contribution in [2.45, 2.75) is 18.6 Å². The summed E-state index contributed by atoms with van der Waals surface area (Å²) in [5, 5.41) is 19.9. The fraction of sp³-hybridized carbons (Fsp3) is 0.250. The monoisotopic (exact) mass is 447 g/mol. The van der Waals surface area contributed by atoms with Gasteiger partial charge in [-0.3, -0.25) is 4.79 Å². The second kappa shape index (κ2) is 9.72. The predicted molar refractivity (Wildman–Crippen MR) is 96.5 cm³/mol. The Labute approximate surface area is 172 Å². The Morgan fingerprint density at radius 1 is 1.06 bits per heavy atom. The average Bonchev–Trinajstić information content (AvgIpc) is 2.69. The van der Waals surface area contributed by atoms with Crippen LogP contribution in [0.3, 0.4) is 0 Å². The molecule has 0 aromatic heterocycles. The zero-order valence-corrected chi connectivity index (χ0v) is 15.5. The molecule has 3 N–H and O–H groups in total. The van der Waals surface area contributed by atoms with Crippen LogP contribution in [0.4, 0.5) is 26.3 Å². The molecule has 0 heterocycles. The van der Waals surface area contributed by atoms with Crippen molar-refractivity contribution < 1.29 is 46.1 Å². The molecule has 166 valence electrons. The maximum absolute atomic E-state index is 13.5. The number of rotatable bonds is 5. The van der Waals surface area contributed by atoms with Gasteiger partial charge in [0.1, 0.15) is 5.75 Å². The maximum atomic E-state index is 13.5. The number of carbonyl (C=O) groups is 1. The number of carbonyl (C=O) groups excluding carboxylic acids is 1. The summed E-state index contributed by atoms with van der Waals surface area (Å²) in [5.41, 5.74) is -1.53. The second-order valence-corrected chi connectivity index (χ2v) is 6.13. The molecule has 0 saturated heterocycles. The number of aliphatic hydroxyl groups excluding tert-OH is 2. The number of hydrogen-bond acceptors (Lipinski definition) is 4. The van der Waals surface area contributed by atoms with Gasteiger partial charge in [-0.25, -0.2) is 0 Å². The fourth-order valence-corrected chi connectivity index (χ4v) is 2.39. The summed E-state index contributed by atoms with van der Waals surface area (Å²) in [5.74, 6) is 2.87. The lowest BCUT2D eigenvalue weighted by Gasteiger charge is -2.14. The molecule has 2 aromatic carbocycles. The summed E-state index contributed by atoms with van der Waals surface area (Å²) in [7, 11) is 0. The molecule has 0 aliphatic rings. The maximum Gasteiger partial charge on any atom is 0.573 e. The lowest BCUT2D eigenvalue weighted by atomic mass is 9.97. The highest BCUT2D eigenvalue weighted by Gasteiger charge is 2.34. The summed E-state index contributed by atoms with van der Waals surface area (Å²) in [6.45, 7) is -0.877. The lowest BCUT2D eigenvalue weighted by molar-refractivity contribution is -0.274. The number of halogens is 6. The van der Waals surface area contributed by atoms with Gasteiger partial charge in [-0.1, -0.05) is 24.1 Å². The van der Waals surface area contributed by atoms with Gasteiger partial charge < -0.3 is 20.3 Å². The third kappa shape index (κ3) is 7.51. The fourth-order valence-electron chi connectivity index (χ4n) is 2.39. The van der Waals surface area contributed by atoms with Gasteiger partial charge in [0.2, 0.25) is 0 Å². The minimum atomic E-state index is -4.93. The largest absolute Gasteiger partial charge is 0.573 e. The lowest BCUT2D eigenvalue weighted by Crippen LogP contribution is -2.33. The number of nitrogens with one attached hydrogen (secondary N) is 1. The van der Waals surface area contributed by atoms with Crippen LogP contribution in [0.15, 0.2) is 42.5 Å². The van der Waals surface area contributed by atoms with Crippen molar-refractivity contribution in [3.8, 4) is 28.7 Å². The molecule has 5 nitrogen and oxygen atoms in total. The third-order valence-corrected chi connectivity index (χ3v) is 3.75. The van der Waals surface area contributed by atoms with E-state index in [1.54, 1.807) is 0 Å².